The van der Waals surface area contributed by atoms with E-state index < -0.39 is 0 Å². The largest absolute Gasteiger partial charge is 0.345 e. The van der Waals surface area contributed by atoms with Gasteiger partial charge in [0.15, 0.2) is 0 Å². The lowest BCUT2D eigenvalue weighted by atomic mass is 10.0. The Bertz CT molecular complexity index is 564. The highest BCUT2D eigenvalue weighted by Crippen LogP contribution is 2.17. The van der Waals surface area contributed by atoms with Crippen molar-refractivity contribution in [2.75, 3.05) is 6.54 Å². The lowest BCUT2D eigenvalue weighted by Gasteiger charge is -2.17. The third-order valence-electron chi connectivity index (χ3n) is 3.56. The van der Waals surface area contributed by atoms with Crippen LogP contribution in [-0.4, -0.2) is 12.5 Å². The summed E-state index contributed by atoms with van der Waals surface area (Å²) in [4.78, 5) is 12.3. The van der Waals surface area contributed by atoms with Crippen molar-refractivity contribution in [1.29, 1.82) is 0 Å². The minimum absolute atomic E-state index is 0.0370. The molecule has 2 aromatic rings. The first-order valence-electron chi connectivity index (χ1n) is 7.39. The van der Waals surface area contributed by atoms with Crippen LogP contribution in [0, 0.1) is 0 Å². The van der Waals surface area contributed by atoms with Gasteiger partial charge in [-0.2, -0.15) is 0 Å². The van der Waals surface area contributed by atoms with Crippen molar-refractivity contribution < 1.29 is 4.79 Å². The summed E-state index contributed by atoms with van der Waals surface area (Å²) in [5.74, 6) is -0.0370. The van der Waals surface area contributed by atoms with Gasteiger partial charge in [0.2, 0.25) is 0 Å². The molecule has 1 amide bonds. The second-order valence-electron chi connectivity index (χ2n) is 5.08. The van der Waals surface area contributed by atoms with Gasteiger partial charge in [0.1, 0.15) is 0 Å². The number of nitrogens with two attached hydrogens (primary N) is 1. The number of rotatable bonds is 6. The Morgan fingerprint density at radius 2 is 1.76 bits per heavy atom. The van der Waals surface area contributed by atoms with Crippen LogP contribution in [0.25, 0.3) is 0 Å². The molecule has 110 valence electrons. The maximum absolute atomic E-state index is 12.3. The quantitative estimate of drug-likeness (QED) is 0.855. The zero-order valence-corrected chi connectivity index (χ0v) is 12.4. The second-order valence-corrected chi connectivity index (χ2v) is 5.08. The van der Waals surface area contributed by atoms with Crippen LogP contribution >= 0.6 is 0 Å². The molecule has 3 N–H and O–H groups in total. The molecular weight excluding hydrogens is 260 g/mol. The zero-order valence-electron chi connectivity index (χ0n) is 12.4. The summed E-state index contributed by atoms with van der Waals surface area (Å²) in [6.07, 6.45) is 1.70. The number of nitrogens with one attached hydrogen (secondary N) is 1. The smallest absolute Gasteiger partial charge is 0.251 e. The highest BCUT2D eigenvalue weighted by atomic mass is 16.1. The highest BCUT2D eigenvalue weighted by molar-refractivity contribution is 5.94. The van der Waals surface area contributed by atoms with Gasteiger partial charge in [-0.15, -0.1) is 0 Å². The Morgan fingerprint density at radius 3 is 2.33 bits per heavy atom. The predicted molar refractivity (Wildman–Crippen MR) is 86.1 cm³/mol. The number of benzene rings is 2. The normalized spacial score (nSPS) is 11.9. The minimum Gasteiger partial charge on any atom is -0.345 e. The lowest BCUT2D eigenvalue weighted by Crippen LogP contribution is -2.28. The summed E-state index contributed by atoms with van der Waals surface area (Å²) in [6.45, 7) is 2.69. The van der Waals surface area contributed by atoms with Crippen LogP contribution in [0.5, 0.6) is 0 Å². The Hall–Kier alpha value is -2.13. The molecule has 0 aliphatic rings. The summed E-state index contributed by atoms with van der Waals surface area (Å²) in [6, 6.07) is 17.7. The van der Waals surface area contributed by atoms with Crippen molar-refractivity contribution in [3.05, 3.63) is 71.3 Å². The van der Waals surface area contributed by atoms with Gasteiger partial charge < -0.3 is 11.1 Å². The van der Waals surface area contributed by atoms with Crippen LogP contribution in [0.1, 0.15) is 40.9 Å². The second kappa shape index (κ2) is 7.60. The molecular formula is C18H22N2O. The Kier molecular flexibility index (Phi) is 5.52. The van der Waals surface area contributed by atoms with E-state index in [0.717, 1.165) is 24.0 Å². The van der Waals surface area contributed by atoms with Crippen LogP contribution in [0.3, 0.4) is 0 Å². The highest BCUT2D eigenvalue weighted by Gasteiger charge is 2.13. The topological polar surface area (TPSA) is 55.1 Å². The van der Waals surface area contributed by atoms with Crippen molar-refractivity contribution in [3.8, 4) is 0 Å². The van der Waals surface area contributed by atoms with E-state index in [1.54, 1.807) is 0 Å². The SMILES string of the molecule is CCC(NC(=O)c1ccc(CCN)cc1)c1ccccc1. The van der Waals surface area contributed by atoms with E-state index in [0.29, 0.717) is 12.1 Å². The number of carbonyl (C=O) groups is 1. The van der Waals surface area contributed by atoms with Crippen molar-refractivity contribution >= 4 is 5.91 Å². The molecule has 0 aromatic heterocycles. The first-order chi connectivity index (χ1) is 10.2. The fourth-order valence-corrected chi connectivity index (χ4v) is 2.34. The monoisotopic (exact) mass is 282 g/mol. The van der Waals surface area contributed by atoms with Crippen LogP contribution in [0.4, 0.5) is 0 Å². The summed E-state index contributed by atoms with van der Waals surface area (Å²) >= 11 is 0. The number of amides is 1. The zero-order chi connectivity index (χ0) is 15.1. The summed E-state index contributed by atoms with van der Waals surface area (Å²) in [7, 11) is 0. The van der Waals surface area contributed by atoms with Gasteiger partial charge in [0.25, 0.3) is 5.91 Å². The Balaban J connectivity index is 2.05. The molecule has 0 bridgehead atoms. The van der Waals surface area contributed by atoms with E-state index >= 15 is 0 Å². The number of carbonyl (C=O) groups excluding carboxylic acids is 1. The van der Waals surface area contributed by atoms with Crippen molar-refractivity contribution in [1.82, 2.24) is 5.32 Å². The first kappa shape index (κ1) is 15.3. The van der Waals surface area contributed by atoms with E-state index in [9.17, 15) is 4.79 Å². The summed E-state index contributed by atoms with van der Waals surface area (Å²) < 4.78 is 0. The van der Waals surface area contributed by atoms with Gasteiger partial charge in [-0.1, -0.05) is 49.4 Å². The molecule has 0 saturated heterocycles. The molecule has 2 rings (SSSR count). The van der Waals surface area contributed by atoms with Gasteiger partial charge in [-0.3, -0.25) is 4.79 Å². The standard InChI is InChI=1S/C18H22N2O/c1-2-17(15-6-4-3-5-7-15)20-18(21)16-10-8-14(9-11-16)12-13-19/h3-11,17H,2,12-13,19H2,1H3,(H,20,21). The molecule has 2 aromatic carbocycles. The van der Waals surface area contributed by atoms with Gasteiger partial charge >= 0.3 is 0 Å². The summed E-state index contributed by atoms with van der Waals surface area (Å²) in [5, 5.41) is 3.09. The average molecular weight is 282 g/mol. The lowest BCUT2D eigenvalue weighted by molar-refractivity contribution is 0.0935. The number of hydrogen-bond acceptors (Lipinski definition) is 2. The molecule has 1 atom stereocenters. The van der Waals surface area contributed by atoms with Crippen molar-refractivity contribution in [2.45, 2.75) is 25.8 Å². The molecule has 0 spiro atoms. The van der Waals surface area contributed by atoms with Crippen molar-refractivity contribution in [3.63, 3.8) is 0 Å². The van der Waals surface area contributed by atoms with Gasteiger partial charge in [0, 0.05) is 5.56 Å². The van der Waals surface area contributed by atoms with E-state index in [1.165, 1.54) is 0 Å². The van der Waals surface area contributed by atoms with E-state index in [2.05, 4.69) is 12.2 Å². The molecule has 0 saturated carbocycles. The van der Waals surface area contributed by atoms with Crippen LogP contribution < -0.4 is 11.1 Å². The third-order valence-corrected chi connectivity index (χ3v) is 3.56. The fourth-order valence-electron chi connectivity index (χ4n) is 2.34. The predicted octanol–water partition coefficient (Wildman–Crippen LogP) is 3.07. The van der Waals surface area contributed by atoms with Crippen LogP contribution in [0.2, 0.25) is 0 Å². The molecule has 21 heavy (non-hydrogen) atoms. The number of hydrogen-bond donors (Lipinski definition) is 2. The van der Waals surface area contributed by atoms with Crippen LogP contribution in [0.15, 0.2) is 54.6 Å². The average Bonchev–Trinajstić information content (AvgIpc) is 2.54. The van der Waals surface area contributed by atoms with E-state index in [4.69, 9.17) is 5.73 Å². The minimum atomic E-state index is -0.0370. The fraction of sp³-hybridized carbons (Fsp3) is 0.278. The van der Waals surface area contributed by atoms with Crippen molar-refractivity contribution in [2.24, 2.45) is 5.73 Å². The Labute approximate surface area is 126 Å². The van der Waals surface area contributed by atoms with E-state index in [1.807, 2.05) is 54.6 Å². The Morgan fingerprint density at radius 1 is 1.10 bits per heavy atom. The summed E-state index contributed by atoms with van der Waals surface area (Å²) in [5.41, 5.74) is 8.50. The first-order valence-corrected chi connectivity index (χ1v) is 7.39. The molecule has 0 fully saturated rings. The van der Waals surface area contributed by atoms with Gasteiger partial charge in [-0.25, -0.2) is 0 Å². The third kappa shape index (κ3) is 4.17. The van der Waals surface area contributed by atoms with Gasteiger partial charge in [0.05, 0.1) is 6.04 Å². The van der Waals surface area contributed by atoms with E-state index in [-0.39, 0.29) is 11.9 Å². The molecule has 0 aliphatic carbocycles. The molecule has 0 aliphatic heterocycles. The molecule has 0 heterocycles. The van der Waals surface area contributed by atoms with Gasteiger partial charge in [-0.05, 0) is 42.6 Å². The maximum Gasteiger partial charge on any atom is 0.251 e. The molecule has 1 unspecified atom stereocenters. The maximum atomic E-state index is 12.3. The van der Waals surface area contributed by atoms with Crippen LogP contribution in [-0.2, 0) is 6.42 Å². The molecule has 0 radical (unpaired) electrons. The molecule has 3 heteroatoms. The molecule has 3 nitrogen and oxygen atoms in total.